The fourth-order valence-electron chi connectivity index (χ4n) is 3.68. The van der Waals surface area contributed by atoms with Gasteiger partial charge in [-0.2, -0.15) is 0 Å². The summed E-state index contributed by atoms with van der Waals surface area (Å²) in [7, 11) is 0. The van der Waals surface area contributed by atoms with Gasteiger partial charge in [0.15, 0.2) is 0 Å². The minimum absolute atomic E-state index is 0.0691. The molecule has 1 fully saturated rings. The second-order valence-corrected chi connectivity index (χ2v) is 7.63. The molecule has 1 atom stereocenters. The Morgan fingerprint density at radius 3 is 2.35 bits per heavy atom. The molecule has 0 aliphatic heterocycles. The maximum atomic E-state index is 12.4. The summed E-state index contributed by atoms with van der Waals surface area (Å²) in [5.74, 6) is 0.552. The zero-order valence-electron chi connectivity index (χ0n) is 17.3. The van der Waals surface area contributed by atoms with Crippen LogP contribution in [0.2, 0.25) is 0 Å². The van der Waals surface area contributed by atoms with E-state index in [-0.39, 0.29) is 18.2 Å². The van der Waals surface area contributed by atoms with Crippen LogP contribution in [0.5, 0.6) is 11.5 Å². The molecule has 8 heteroatoms. The monoisotopic (exact) mass is 424 g/mol. The van der Waals surface area contributed by atoms with Crippen molar-refractivity contribution in [3.63, 3.8) is 0 Å². The number of carbonyl (C=O) groups excluding carboxylic acids is 3. The third kappa shape index (κ3) is 7.02. The maximum Gasteiger partial charge on any atom is 0.312 e. The first kappa shape index (κ1) is 22.1. The number of hydrazine groups is 1. The third-order valence-electron chi connectivity index (χ3n) is 5.25. The number of rotatable bonds is 7. The number of primary amides is 1. The largest absolute Gasteiger partial charge is 0.457 e. The molecule has 2 aromatic carbocycles. The second kappa shape index (κ2) is 11.0. The lowest BCUT2D eigenvalue weighted by Crippen LogP contribution is -2.46. The molecule has 0 spiro atoms. The molecule has 1 aliphatic rings. The molecule has 5 N–H and O–H groups in total. The van der Waals surface area contributed by atoms with E-state index < -0.39 is 18.0 Å². The van der Waals surface area contributed by atoms with Crippen LogP contribution in [0.15, 0.2) is 54.6 Å². The standard InChI is InChI=1S/C23H28N4O4/c24-23(30)25-20(15-21(28)26-27-22(29)16-8-3-1-4-9-16)17-10-7-13-19(14-17)31-18-11-5-2-6-12-18/h2,5-7,10-14,16,20H,1,3-4,8-9,15H2,(H,26,28)(H,27,29)(H3,24,25,30)/t20-/m1/s1. The summed E-state index contributed by atoms with van der Waals surface area (Å²) in [4.78, 5) is 36.1. The molecule has 0 saturated heterocycles. The minimum Gasteiger partial charge on any atom is -0.457 e. The zero-order valence-corrected chi connectivity index (χ0v) is 17.3. The molecule has 8 nitrogen and oxygen atoms in total. The Morgan fingerprint density at radius 2 is 1.65 bits per heavy atom. The van der Waals surface area contributed by atoms with Gasteiger partial charge in [-0.15, -0.1) is 0 Å². The van der Waals surface area contributed by atoms with Gasteiger partial charge in [-0.25, -0.2) is 4.79 Å². The van der Waals surface area contributed by atoms with Crippen LogP contribution in [-0.2, 0) is 9.59 Å². The van der Waals surface area contributed by atoms with Crippen molar-refractivity contribution in [2.75, 3.05) is 0 Å². The number of hydrogen-bond acceptors (Lipinski definition) is 4. The van der Waals surface area contributed by atoms with Gasteiger partial charge in [0.2, 0.25) is 11.8 Å². The number of nitrogens with two attached hydrogens (primary N) is 1. The van der Waals surface area contributed by atoms with Crippen LogP contribution in [0.25, 0.3) is 0 Å². The molecule has 0 heterocycles. The summed E-state index contributed by atoms with van der Waals surface area (Å²) in [6.07, 6.45) is 4.77. The Bertz CT molecular complexity index is 897. The minimum atomic E-state index is -0.751. The fourth-order valence-corrected chi connectivity index (χ4v) is 3.68. The summed E-state index contributed by atoms with van der Waals surface area (Å²) < 4.78 is 5.82. The summed E-state index contributed by atoms with van der Waals surface area (Å²) >= 11 is 0. The van der Waals surface area contributed by atoms with E-state index in [0.717, 1.165) is 32.1 Å². The molecule has 0 unspecified atom stereocenters. The maximum absolute atomic E-state index is 12.4. The van der Waals surface area contributed by atoms with E-state index in [1.165, 1.54) is 0 Å². The molecule has 3 rings (SSSR count). The predicted molar refractivity (Wildman–Crippen MR) is 116 cm³/mol. The van der Waals surface area contributed by atoms with Crippen molar-refractivity contribution in [1.29, 1.82) is 0 Å². The number of hydrogen-bond donors (Lipinski definition) is 4. The number of para-hydroxylation sites is 1. The number of benzene rings is 2. The first-order chi connectivity index (χ1) is 15.0. The van der Waals surface area contributed by atoms with Crippen LogP contribution in [0, 0.1) is 5.92 Å². The lowest BCUT2D eigenvalue weighted by molar-refractivity contribution is -0.132. The number of ether oxygens (including phenoxy) is 1. The summed E-state index contributed by atoms with van der Waals surface area (Å²) in [6.45, 7) is 0. The Kier molecular flexibility index (Phi) is 7.86. The molecular formula is C23H28N4O4. The van der Waals surface area contributed by atoms with Crippen LogP contribution in [-0.4, -0.2) is 17.8 Å². The number of nitrogens with one attached hydrogen (secondary N) is 3. The van der Waals surface area contributed by atoms with E-state index in [9.17, 15) is 14.4 Å². The summed E-state index contributed by atoms with van der Waals surface area (Å²) in [5, 5.41) is 2.58. The van der Waals surface area contributed by atoms with E-state index in [2.05, 4.69) is 16.2 Å². The molecule has 164 valence electrons. The van der Waals surface area contributed by atoms with Gasteiger partial charge in [-0.3, -0.25) is 20.4 Å². The lowest BCUT2D eigenvalue weighted by Gasteiger charge is -2.22. The third-order valence-corrected chi connectivity index (χ3v) is 5.25. The molecule has 0 bridgehead atoms. The highest BCUT2D eigenvalue weighted by Crippen LogP contribution is 2.26. The Labute approximate surface area is 181 Å². The van der Waals surface area contributed by atoms with Gasteiger partial charge in [0.1, 0.15) is 11.5 Å². The van der Waals surface area contributed by atoms with Crippen molar-refractivity contribution in [2.45, 2.75) is 44.6 Å². The molecule has 1 aliphatic carbocycles. The summed E-state index contributed by atoms with van der Waals surface area (Å²) in [5.41, 5.74) is 10.9. The van der Waals surface area contributed by atoms with E-state index in [1.807, 2.05) is 30.3 Å². The van der Waals surface area contributed by atoms with Gasteiger partial charge in [0, 0.05) is 5.92 Å². The van der Waals surface area contributed by atoms with Crippen molar-refractivity contribution in [1.82, 2.24) is 16.2 Å². The molecule has 1 saturated carbocycles. The van der Waals surface area contributed by atoms with Crippen molar-refractivity contribution in [3.8, 4) is 11.5 Å². The lowest BCUT2D eigenvalue weighted by atomic mass is 9.89. The van der Waals surface area contributed by atoms with Crippen LogP contribution in [0.4, 0.5) is 4.79 Å². The SMILES string of the molecule is NC(=O)N[C@H](CC(=O)NNC(=O)C1CCCCC1)c1cccc(Oc2ccccc2)c1. The van der Waals surface area contributed by atoms with Crippen LogP contribution < -0.4 is 26.6 Å². The van der Waals surface area contributed by atoms with Gasteiger partial charge >= 0.3 is 6.03 Å². The van der Waals surface area contributed by atoms with Crippen molar-refractivity contribution < 1.29 is 19.1 Å². The quantitative estimate of drug-likeness (QED) is 0.509. The van der Waals surface area contributed by atoms with Crippen LogP contribution in [0.3, 0.4) is 0 Å². The van der Waals surface area contributed by atoms with E-state index in [1.54, 1.807) is 24.3 Å². The van der Waals surface area contributed by atoms with Crippen LogP contribution >= 0.6 is 0 Å². The molecule has 0 aromatic heterocycles. The van der Waals surface area contributed by atoms with E-state index in [4.69, 9.17) is 10.5 Å². The zero-order chi connectivity index (χ0) is 22.1. The van der Waals surface area contributed by atoms with Gasteiger partial charge in [-0.1, -0.05) is 49.6 Å². The smallest absolute Gasteiger partial charge is 0.312 e. The highest BCUT2D eigenvalue weighted by molar-refractivity contribution is 5.84. The van der Waals surface area contributed by atoms with E-state index >= 15 is 0 Å². The normalized spacial score (nSPS) is 14.8. The molecular weight excluding hydrogens is 396 g/mol. The number of urea groups is 1. The van der Waals surface area contributed by atoms with Gasteiger partial charge in [0.05, 0.1) is 12.5 Å². The van der Waals surface area contributed by atoms with Gasteiger partial charge in [-0.05, 0) is 42.7 Å². The average Bonchev–Trinajstić information content (AvgIpc) is 2.78. The first-order valence-corrected chi connectivity index (χ1v) is 10.5. The molecule has 2 aromatic rings. The van der Waals surface area contributed by atoms with Gasteiger partial charge < -0.3 is 15.8 Å². The molecule has 0 radical (unpaired) electrons. The molecule has 4 amide bonds. The van der Waals surface area contributed by atoms with E-state index in [0.29, 0.717) is 17.1 Å². The highest BCUT2D eigenvalue weighted by atomic mass is 16.5. The van der Waals surface area contributed by atoms with Crippen molar-refractivity contribution in [2.24, 2.45) is 11.7 Å². The fraction of sp³-hybridized carbons (Fsp3) is 0.348. The number of amides is 4. The van der Waals surface area contributed by atoms with Crippen molar-refractivity contribution >= 4 is 17.8 Å². The molecule has 31 heavy (non-hydrogen) atoms. The van der Waals surface area contributed by atoms with Crippen LogP contribution in [0.1, 0.15) is 50.1 Å². The topological polar surface area (TPSA) is 123 Å². The Balaban J connectivity index is 1.61. The average molecular weight is 425 g/mol. The highest BCUT2D eigenvalue weighted by Gasteiger charge is 2.23. The van der Waals surface area contributed by atoms with Gasteiger partial charge in [0.25, 0.3) is 0 Å². The number of carbonyl (C=O) groups is 3. The first-order valence-electron chi connectivity index (χ1n) is 10.5. The second-order valence-electron chi connectivity index (χ2n) is 7.63. The predicted octanol–water partition coefficient (Wildman–Crippen LogP) is 3.31. The Morgan fingerprint density at radius 1 is 0.935 bits per heavy atom. The summed E-state index contributed by atoms with van der Waals surface area (Å²) in [6, 6.07) is 14.9. The Hall–Kier alpha value is -3.55. The van der Waals surface area contributed by atoms with Crippen molar-refractivity contribution in [3.05, 3.63) is 60.2 Å².